The normalized spacial score (nSPS) is 14.3. The number of carbonyl (C=O) groups excluding carboxylic acids is 1. The number of aromatic nitrogens is 1. The van der Waals surface area contributed by atoms with Gasteiger partial charge in [-0.2, -0.15) is 0 Å². The summed E-state index contributed by atoms with van der Waals surface area (Å²) in [6.45, 7) is 5.40. The monoisotopic (exact) mass is 360 g/mol. The fourth-order valence-corrected chi connectivity index (χ4v) is 2.62. The van der Waals surface area contributed by atoms with E-state index in [9.17, 15) is 4.79 Å². The Hall–Kier alpha value is -2.27. The number of carbonyl (C=O) groups is 1. The number of ether oxygens (including phenoxy) is 2. The summed E-state index contributed by atoms with van der Waals surface area (Å²) in [7, 11) is 0. The van der Waals surface area contributed by atoms with Crippen LogP contribution < -0.4 is 9.47 Å². The van der Waals surface area contributed by atoms with Crippen LogP contribution in [0.15, 0.2) is 42.6 Å². The first-order chi connectivity index (χ1) is 12.0. The van der Waals surface area contributed by atoms with E-state index in [-0.39, 0.29) is 18.6 Å². The van der Waals surface area contributed by atoms with Crippen molar-refractivity contribution < 1.29 is 14.3 Å². The molecule has 0 saturated carbocycles. The second-order valence-electron chi connectivity index (χ2n) is 6.37. The topological polar surface area (TPSA) is 51.7 Å². The van der Waals surface area contributed by atoms with Gasteiger partial charge < -0.3 is 14.4 Å². The van der Waals surface area contributed by atoms with E-state index in [1.54, 1.807) is 17.0 Å². The highest BCUT2D eigenvalue weighted by Crippen LogP contribution is 2.20. The van der Waals surface area contributed by atoms with Crippen molar-refractivity contribution >= 4 is 17.5 Å². The van der Waals surface area contributed by atoms with Crippen molar-refractivity contribution in [1.29, 1.82) is 0 Å². The minimum atomic E-state index is -0.0446. The summed E-state index contributed by atoms with van der Waals surface area (Å²) in [6, 6.07) is 11.3. The molecule has 0 bridgehead atoms. The standard InChI is InChI=1S/C19H21ClN2O3/c1-13(2)14-3-6-16(7-4-14)24-12-19(23)22-10-17(11-22)25-18-8-5-15(20)9-21-18/h3-9,13,17H,10-12H2,1-2H3. The third-order valence-electron chi connectivity index (χ3n) is 4.10. The molecule has 1 aliphatic rings. The summed E-state index contributed by atoms with van der Waals surface area (Å²) in [5.41, 5.74) is 1.25. The maximum absolute atomic E-state index is 12.1. The highest BCUT2D eigenvalue weighted by atomic mass is 35.5. The first-order valence-corrected chi connectivity index (χ1v) is 8.68. The van der Waals surface area contributed by atoms with E-state index in [1.165, 1.54) is 11.8 Å². The summed E-state index contributed by atoms with van der Waals surface area (Å²) in [5, 5.41) is 0.566. The van der Waals surface area contributed by atoms with Crippen molar-refractivity contribution in [2.24, 2.45) is 0 Å². The zero-order valence-corrected chi connectivity index (χ0v) is 15.1. The van der Waals surface area contributed by atoms with Crippen LogP contribution in [0.2, 0.25) is 5.02 Å². The Bertz CT molecular complexity index is 710. The number of pyridine rings is 1. The molecule has 132 valence electrons. The lowest BCUT2D eigenvalue weighted by Gasteiger charge is -2.38. The lowest BCUT2D eigenvalue weighted by Crippen LogP contribution is -2.57. The summed E-state index contributed by atoms with van der Waals surface area (Å²) in [6.07, 6.45) is 1.50. The molecule has 0 radical (unpaired) electrons. The Kier molecular flexibility index (Phi) is 5.43. The summed E-state index contributed by atoms with van der Waals surface area (Å²) in [5.74, 6) is 1.65. The predicted octanol–water partition coefficient (Wildman–Crippen LogP) is 3.53. The maximum atomic E-state index is 12.1. The SMILES string of the molecule is CC(C)c1ccc(OCC(=O)N2CC(Oc3ccc(Cl)cn3)C2)cc1. The van der Waals surface area contributed by atoms with Gasteiger partial charge in [-0.25, -0.2) is 4.98 Å². The fourth-order valence-electron chi connectivity index (χ4n) is 2.50. The van der Waals surface area contributed by atoms with Crippen LogP contribution in [0.3, 0.4) is 0 Å². The molecule has 1 saturated heterocycles. The second-order valence-corrected chi connectivity index (χ2v) is 6.80. The van der Waals surface area contributed by atoms with E-state index in [0.717, 1.165) is 0 Å². The fraction of sp³-hybridized carbons (Fsp3) is 0.368. The van der Waals surface area contributed by atoms with Gasteiger partial charge in [0.05, 0.1) is 18.1 Å². The van der Waals surface area contributed by atoms with Crippen LogP contribution in [0.1, 0.15) is 25.3 Å². The van der Waals surface area contributed by atoms with E-state index >= 15 is 0 Å². The van der Waals surface area contributed by atoms with Gasteiger partial charge in [0.2, 0.25) is 5.88 Å². The molecular formula is C19H21ClN2O3. The molecule has 0 aliphatic carbocycles. The third-order valence-corrected chi connectivity index (χ3v) is 4.32. The highest BCUT2D eigenvalue weighted by Gasteiger charge is 2.32. The lowest BCUT2D eigenvalue weighted by molar-refractivity contribution is -0.142. The lowest BCUT2D eigenvalue weighted by atomic mass is 10.0. The molecule has 25 heavy (non-hydrogen) atoms. The van der Waals surface area contributed by atoms with E-state index < -0.39 is 0 Å². The van der Waals surface area contributed by atoms with E-state index in [4.69, 9.17) is 21.1 Å². The number of hydrogen-bond acceptors (Lipinski definition) is 4. The van der Waals surface area contributed by atoms with Crippen LogP contribution in [0.25, 0.3) is 0 Å². The van der Waals surface area contributed by atoms with Crippen molar-refractivity contribution in [3.8, 4) is 11.6 Å². The average molecular weight is 361 g/mol. The Morgan fingerprint density at radius 3 is 2.56 bits per heavy atom. The molecule has 0 spiro atoms. The Labute approximate surface area is 152 Å². The number of likely N-dealkylation sites (tertiary alicyclic amines) is 1. The Morgan fingerprint density at radius 1 is 1.24 bits per heavy atom. The van der Waals surface area contributed by atoms with Gasteiger partial charge in [0.15, 0.2) is 6.61 Å². The van der Waals surface area contributed by atoms with E-state index in [1.807, 2.05) is 24.3 Å². The van der Waals surface area contributed by atoms with Gasteiger partial charge in [0.25, 0.3) is 5.91 Å². The van der Waals surface area contributed by atoms with Crippen LogP contribution in [-0.2, 0) is 4.79 Å². The number of hydrogen-bond donors (Lipinski definition) is 0. The average Bonchev–Trinajstić information content (AvgIpc) is 2.57. The maximum Gasteiger partial charge on any atom is 0.260 e. The molecule has 0 unspecified atom stereocenters. The zero-order chi connectivity index (χ0) is 17.8. The summed E-state index contributed by atoms with van der Waals surface area (Å²) in [4.78, 5) is 17.9. The highest BCUT2D eigenvalue weighted by molar-refractivity contribution is 6.30. The molecule has 1 aromatic carbocycles. The molecule has 5 nitrogen and oxygen atoms in total. The van der Waals surface area contributed by atoms with Gasteiger partial charge in [-0.15, -0.1) is 0 Å². The Morgan fingerprint density at radius 2 is 1.96 bits per heavy atom. The Balaban J connectivity index is 1.40. The first-order valence-electron chi connectivity index (χ1n) is 8.30. The van der Waals surface area contributed by atoms with Gasteiger partial charge in [-0.3, -0.25) is 4.79 Å². The number of amides is 1. The first kappa shape index (κ1) is 17.5. The smallest absolute Gasteiger partial charge is 0.260 e. The van der Waals surface area contributed by atoms with Gasteiger partial charge in [0, 0.05) is 12.3 Å². The molecule has 2 aromatic rings. The molecule has 1 aromatic heterocycles. The number of rotatable bonds is 6. The van der Waals surface area contributed by atoms with Crippen LogP contribution in [0, 0.1) is 0 Å². The van der Waals surface area contributed by atoms with Crippen LogP contribution in [0.4, 0.5) is 0 Å². The van der Waals surface area contributed by atoms with Gasteiger partial charge in [-0.1, -0.05) is 37.6 Å². The largest absolute Gasteiger partial charge is 0.484 e. The minimum absolute atomic E-state index is 0.0347. The minimum Gasteiger partial charge on any atom is -0.484 e. The number of benzene rings is 1. The van der Waals surface area contributed by atoms with Crippen molar-refractivity contribution in [3.63, 3.8) is 0 Å². The van der Waals surface area contributed by atoms with Crippen LogP contribution >= 0.6 is 11.6 Å². The molecule has 3 rings (SSSR count). The zero-order valence-electron chi connectivity index (χ0n) is 14.3. The number of nitrogens with zero attached hydrogens (tertiary/aromatic N) is 2. The molecule has 1 amide bonds. The predicted molar refractivity (Wildman–Crippen MR) is 96.3 cm³/mol. The summed E-state index contributed by atoms with van der Waals surface area (Å²) < 4.78 is 11.2. The van der Waals surface area contributed by atoms with Gasteiger partial charge in [-0.05, 0) is 29.7 Å². The van der Waals surface area contributed by atoms with Crippen LogP contribution in [0.5, 0.6) is 11.6 Å². The van der Waals surface area contributed by atoms with Crippen molar-refractivity contribution in [2.45, 2.75) is 25.9 Å². The summed E-state index contributed by atoms with van der Waals surface area (Å²) >= 11 is 5.79. The molecule has 2 heterocycles. The van der Waals surface area contributed by atoms with Gasteiger partial charge >= 0.3 is 0 Å². The van der Waals surface area contributed by atoms with Crippen LogP contribution in [-0.4, -0.2) is 41.6 Å². The molecular weight excluding hydrogens is 340 g/mol. The van der Waals surface area contributed by atoms with Gasteiger partial charge in [0.1, 0.15) is 11.9 Å². The van der Waals surface area contributed by atoms with E-state index in [2.05, 4.69) is 18.8 Å². The van der Waals surface area contributed by atoms with E-state index in [0.29, 0.717) is 35.7 Å². The van der Waals surface area contributed by atoms with Crippen molar-refractivity contribution in [2.75, 3.05) is 19.7 Å². The molecule has 0 N–H and O–H groups in total. The third kappa shape index (κ3) is 4.63. The quantitative estimate of drug-likeness (QED) is 0.790. The van der Waals surface area contributed by atoms with Crippen molar-refractivity contribution in [3.05, 3.63) is 53.2 Å². The molecule has 6 heteroatoms. The second kappa shape index (κ2) is 7.74. The number of halogens is 1. The molecule has 1 aliphatic heterocycles. The van der Waals surface area contributed by atoms with Crippen molar-refractivity contribution in [1.82, 2.24) is 9.88 Å². The molecule has 0 atom stereocenters. The molecule has 1 fully saturated rings.